The number of fused-ring (bicyclic) bond motifs is 14. The fourth-order valence-electron chi connectivity index (χ4n) is 10.9. The minimum atomic E-state index is -0.254. The lowest BCUT2D eigenvalue weighted by molar-refractivity contribution is 1.19. The van der Waals surface area contributed by atoms with Crippen LogP contribution >= 0.6 is 46.4 Å². The number of halogens is 4. The van der Waals surface area contributed by atoms with Crippen molar-refractivity contribution in [2.24, 2.45) is 0 Å². The zero-order valence-corrected chi connectivity index (χ0v) is 34.7. The molecule has 15 aromatic rings. The zero-order chi connectivity index (χ0) is 41.2. The molecule has 0 saturated carbocycles. The van der Waals surface area contributed by atoms with E-state index in [0.717, 1.165) is 43.1 Å². The minimum absolute atomic E-state index is 0.254. The topological polar surface area (TPSA) is 68.7 Å². The number of pyridine rings is 2. The van der Waals surface area contributed by atoms with Crippen LogP contribution in [0.15, 0.2) is 131 Å². The van der Waals surface area contributed by atoms with E-state index in [1.165, 1.54) is 0 Å². The molecule has 0 atom stereocenters. The molecule has 4 aromatic heterocycles. The van der Waals surface area contributed by atoms with Gasteiger partial charge in [-0.05, 0) is 116 Å². The molecular formula is C52H20Cl4N4O2. The van der Waals surface area contributed by atoms with E-state index in [4.69, 9.17) is 56.4 Å². The zero-order valence-electron chi connectivity index (χ0n) is 31.7. The normalized spacial score (nSPS) is 13.0. The number of nitrogens with zero attached hydrogens (tertiary/aromatic N) is 4. The highest BCUT2D eigenvalue weighted by atomic mass is 35.5. The van der Waals surface area contributed by atoms with Gasteiger partial charge in [-0.15, -0.1) is 0 Å². The van der Waals surface area contributed by atoms with E-state index in [9.17, 15) is 9.59 Å². The van der Waals surface area contributed by atoms with Crippen molar-refractivity contribution >= 4 is 187 Å². The maximum Gasteiger partial charge on any atom is 0.264 e. The summed E-state index contributed by atoms with van der Waals surface area (Å²) in [4.78, 5) is 40.0. The molecule has 15 rings (SSSR count). The highest BCUT2D eigenvalue weighted by molar-refractivity contribution is 6.56. The summed E-state index contributed by atoms with van der Waals surface area (Å²) in [7, 11) is 0. The molecule has 0 unspecified atom stereocenters. The van der Waals surface area contributed by atoms with Gasteiger partial charge in [0.05, 0.1) is 32.8 Å². The highest BCUT2D eigenvalue weighted by Crippen LogP contribution is 2.53. The summed E-state index contributed by atoms with van der Waals surface area (Å²) >= 11 is 29.7. The van der Waals surface area contributed by atoms with Crippen LogP contribution in [0.4, 0.5) is 0 Å². The van der Waals surface area contributed by atoms with Crippen LogP contribution in [0, 0.1) is 0 Å². The lowest BCUT2D eigenvalue weighted by Gasteiger charge is -2.21. The largest absolute Gasteiger partial charge is 0.268 e. The number of benzene rings is 11. The summed E-state index contributed by atoms with van der Waals surface area (Å²) in [6.07, 6.45) is 0. The number of aromatic nitrogens is 4. The highest BCUT2D eigenvalue weighted by Gasteiger charge is 2.29. The predicted molar refractivity (Wildman–Crippen MR) is 260 cm³/mol. The van der Waals surface area contributed by atoms with E-state index in [1.807, 2.05) is 60.7 Å². The molecule has 11 aromatic carbocycles. The van der Waals surface area contributed by atoms with Crippen LogP contribution < -0.4 is 11.1 Å². The van der Waals surface area contributed by atoms with Crippen LogP contribution in [0.5, 0.6) is 0 Å². The van der Waals surface area contributed by atoms with Crippen LogP contribution in [0.25, 0.3) is 141 Å². The van der Waals surface area contributed by atoms with Crippen molar-refractivity contribution in [3.05, 3.63) is 162 Å². The summed E-state index contributed by atoms with van der Waals surface area (Å²) in [6, 6.07) is 40.3. The van der Waals surface area contributed by atoms with Crippen molar-refractivity contribution < 1.29 is 0 Å². The Bertz CT molecular complexity index is 4470. The number of hydrogen-bond acceptors (Lipinski definition) is 4. The lowest BCUT2D eigenvalue weighted by Crippen LogP contribution is -2.14. The molecular weight excluding hydrogens is 854 g/mol. The molecule has 6 nitrogen and oxygen atoms in total. The van der Waals surface area contributed by atoms with E-state index >= 15 is 0 Å². The molecule has 0 N–H and O–H groups in total. The molecule has 0 bridgehead atoms. The van der Waals surface area contributed by atoms with Crippen molar-refractivity contribution in [3.63, 3.8) is 0 Å². The molecule has 62 heavy (non-hydrogen) atoms. The Hall–Kier alpha value is -6.80. The van der Waals surface area contributed by atoms with E-state index < -0.39 is 0 Å². The van der Waals surface area contributed by atoms with Gasteiger partial charge in [-0.25, -0.2) is 9.97 Å². The second-order valence-corrected chi connectivity index (χ2v) is 18.2. The molecule has 4 heterocycles. The molecule has 0 aliphatic carbocycles. The van der Waals surface area contributed by atoms with Gasteiger partial charge in [0, 0.05) is 74.0 Å². The molecule has 0 saturated heterocycles. The van der Waals surface area contributed by atoms with Crippen molar-refractivity contribution in [1.29, 1.82) is 0 Å². The Labute approximate surface area is 366 Å². The molecule has 10 heteroatoms. The molecule has 0 amide bonds. The second kappa shape index (κ2) is 11.2. The van der Waals surface area contributed by atoms with Crippen molar-refractivity contribution in [1.82, 2.24) is 18.8 Å². The van der Waals surface area contributed by atoms with E-state index in [1.54, 1.807) is 20.9 Å². The van der Waals surface area contributed by atoms with Crippen LogP contribution in [0.3, 0.4) is 0 Å². The summed E-state index contributed by atoms with van der Waals surface area (Å²) in [6.45, 7) is 0. The Morgan fingerprint density at radius 2 is 0.661 bits per heavy atom. The van der Waals surface area contributed by atoms with Gasteiger partial charge in [0.25, 0.3) is 11.1 Å². The van der Waals surface area contributed by atoms with Crippen molar-refractivity contribution in [2.45, 2.75) is 0 Å². The Morgan fingerprint density at radius 1 is 0.339 bits per heavy atom. The van der Waals surface area contributed by atoms with Gasteiger partial charge < -0.3 is 0 Å². The smallest absolute Gasteiger partial charge is 0.264 e. The monoisotopic (exact) mass is 872 g/mol. The molecule has 288 valence electrons. The molecule has 0 spiro atoms. The first-order valence-corrected chi connectivity index (χ1v) is 21.5. The van der Waals surface area contributed by atoms with Crippen LogP contribution in [-0.4, -0.2) is 18.8 Å². The summed E-state index contributed by atoms with van der Waals surface area (Å²) in [5, 5.41) is 17.2. The third-order valence-corrected chi connectivity index (χ3v) is 14.6. The summed E-state index contributed by atoms with van der Waals surface area (Å²) < 4.78 is 3.34. The average molecular weight is 875 g/mol. The fraction of sp³-hybridized carbons (Fsp3) is 0. The molecule has 0 radical (unpaired) electrons. The number of imidazole rings is 2. The third-order valence-electron chi connectivity index (χ3n) is 13.4. The third kappa shape index (κ3) is 3.97. The maximum atomic E-state index is 14.9. The number of hydrogen-bond donors (Lipinski definition) is 0. The van der Waals surface area contributed by atoms with Crippen LogP contribution in [-0.2, 0) is 0 Å². The lowest BCUT2D eigenvalue weighted by atomic mass is 9.86. The quantitative estimate of drug-likeness (QED) is 0.112. The first-order valence-electron chi connectivity index (χ1n) is 20.0. The van der Waals surface area contributed by atoms with Gasteiger partial charge in [0.15, 0.2) is 0 Å². The van der Waals surface area contributed by atoms with Gasteiger partial charge in [-0.1, -0.05) is 94.9 Å². The van der Waals surface area contributed by atoms with Gasteiger partial charge in [0.1, 0.15) is 11.3 Å². The van der Waals surface area contributed by atoms with Crippen molar-refractivity contribution in [2.75, 3.05) is 0 Å². The SMILES string of the molecule is O=c1c2cc(Cl)c3c4c(Cl)cc5c6c(cc(Cl)c(c7c(Cl)cc(c2c37)c2nc3cc7cc8ccccc8cc7cc3n12)c46)c(=O)n1c2cc3cc4ccccc4cc3cc2nc51. The first-order chi connectivity index (χ1) is 30.2. The maximum absolute atomic E-state index is 14.9. The minimum Gasteiger partial charge on any atom is -0.268 e. The van der Waals surface area contributed by atoms with E-state index in [2.05, 4.69) is 48.5 Å². The fourth-order valence-corrected chi connectivity index (χ4v) is 12.0. The Balaban J connectivity index is 1.10. The number of rotatable bonds is 0. The van der Waals surface area contributed by atoms with E-state index in [0.29, 0.717) is 118 Å². The van der Waals surface area contributed by atoms with Gasteiger partial charge in [-0.2, -0.15) is 0 Å². The molecule has 0 fully saturated rings. The first kappa shape index (κ1) is 33.9. The van der Waals surface area contributed by atoms with Gasteiger partial charge in [-0.3, -0.25) is 18.4 Å². The molecule has 0 aliphatic heterocycles. The van der Waals surface area contributed by atoms with E-state index in [-0.39, 0.29) is 11.1 Å². The Morgan fingerprint density at radius 3 is 1.02 bits per heavy atom. The summed E-state index contributed by atoms with van der Waals surface area (Å²) in [5.74, 6) is 0. The summed E-state index contributed by atoms with van der Waals surface area (Å²) in [5.41, 5.74) is 3.20. The molecule has 0 aliphatic rings. The van der Waals surface area contributed by atoms with Crippen molar-refractivity contribution in [3.8, 4) is 0 Å². The second-order valence-electron chi connectivity index (χ2n) is 16.6. The van der Waals surface area contributed by atoms with Gasteiger partial charge >= 0.3 is 0 Å². The average Bonchev–Trinajstić information content (AvgIpc) is 3.83. The standard InChI is InChI=1S/C52H20Cl4N4O2/c53-33-17-29-41-31(51(61)59-39-15-27-11-23-7-3-1-5-21(23)9-25(27)13-37(39)57-49(29)59)19-35(55)45-44-34(54)18-30-42-32(20-36(56)46(48(42)44)43(33)47(41)45)52(62)60-40-16-28-12-24-8-4-2-6-22(24)10-26(28)14-38(40)58-50(30)60/h1-20H. The Kier molecular flexibility index (Phi) is 6.10. The van der Waals surface area contributed by atoms with Crippen LogP contribution in [0.2, 0.25) is 20.1 Å². The van der Waals surface area contributed by atoms with Gasteiger partial charge in [0.2, 0.25) is 0 Å². The predicted octanol–water partition coefficient (Wildman–Crippen LogP) is 14.5. The van der Waals surface area contributed by atoms with Crippen LogP contribution in [0.1, 0.15) is 0 Å².